The van der Waals surface area contributed by atoms with E-state index in [0.29, 0.717) is 12.0 Å². The van der Waals surface area contributed by atoms with Crippen molar-refractivity contribution in [3.8, 4) is 0 Å². The monoisotopic (exact) mass is 321 g/mol. The van der Waals surface area contributed by atoms with E-state index in [9.17, 15) is 4.79 Å². The molecule has 3 rings (SSSR count). The molecule has 2 heterocycles. The summed E-state index contributed by atoms with van der Waals surface area (Å²) in [6, 6.07) is 0.717. The third-order valence-corrected chi connectivity index (χ3v) is 6.41. The Balaban J connectivity index is 1.56. The Bertz CT molecular complexity index is 405. The summed E-state index contributed by atoms with van der Waals surface area (Å²) in [7, 11) is 0. The number of rotatable bonds is 3. The van der Waals surface area contributed by atoms with E-state index in [4.69, 9.17) is 5.73 Å². The number of likely N-dealkylation sites (tertiary alicyclic amines) is 2. The number of carbonyl (C=O) groups excluding carboxylic acids is 1. The zero-order chi connectivity index (χ0) is 16.3. The van der Waals surface area contributed by atoms with Crippen LogP contribution in [-0.2, 0) is 4.79 Å². The quantitative estimate of drug-likeness (QED) is 0.869. The second-order valence-corrected chi connectivity index (χ2v) is 8.32. The van der Waals surface area contributed by atoms with E-state index in [0.717, 1.165) is 45.2 Å². The number of hydrogen-bond acceptors (Lipinski definition) is 3. The van der Waals surface area contributed by atoms with E-state index in [-0.39, 0.29) is 5.91 Å². The normalized spacial score (nSPS) is 32.7. The third-order valence-electron chi connectivity index (χ3n) is 6.41. The Kier molecular flexibility index (Phi) is 5.63. The van der Waals surface area contributed by atoms with Crippen molar-refractivity contribution in [2.75, 3.05) is 26.2 Å². The molecule has 4 nitrogen and oxygen atoms in total. The lowest BCUT2D eigenvalue weighted by atomic mass is 9.81. The van der Waals surface area contributed by atoms with Crippen LogP contribution in [0.25, 0.3) is 0 Å². The van der Waals surface area contributed by atoms with Crippen LogP contribution >= 0.6 is 0 Å². The summed E-state index contributed by atoms with van der Waals surface area (Å²) in [4.78, 5) is 17.7. The molecule has 0 aromatic heterocycles. The minimum absolute atomic E-state index is 0.244. The summed E-state index contributed by atoms with van der Waals surface area (Å²) < 4.78 is 0. The van der Waals surface area contributed by atoms with Crippen molar-refractivity contribution in [1.29, 1.82) is 0 Å². The molecule has 23 heavy (non-hydrogen) atoms. The molecule has 4 heteroatoms. The molecule has 3 fully saturated rings. The van der Waals surface area contributed by atoms with Crippen LogP contribution in [0.1, 0.15) is 71.1 Å². The molecule has 0 bridgehead atoms. The van der Waals surface area contributed by atoms with Gasteiger partial charge in [0.2, 0.25) is 5.91 Å². The van der Waals surface area contributed by atoms with Gasteiger partial charge in [0.25, 0.3) is 0 Å². The van der Waals surface area contributed by atoms with Crippen molar-refractivity contribution in [2.45, 2.75) is 82.7 Å². The van der Waals surface area contributed by atoms with E-state index >= 15 is 0 Å². The summed E-state index contributed by atoms with van der Waals surface area (Å²) in [5.41, 5.74) is 5.93. The van der Waals surface area contributed by atoms with Gasteiger partial charge in [-0.1, -0.05) is 25.7 Å². The maximum atomic E-state index is 13.0. The van der Waals surface area contributed by atoms with Gasteiger partial charge in [-0.3, -0.25) is 4.79 Å². The van der Waals surface area contributed by atoms with Gasteiger partial charge in [-0.25, -0.2) is 0 Å². The van der Waals surface area contributed by atoms with Crippen molar-refractivity contribution < 1.29 is 4.79 Å². The fraction of sp³-hybridized carbons (Fsp3) is 0.947. The van der Waals surface area contributed by atoms with Crippen LogP contribution in [0, 0.1) is 5.92 Å². The van der Waals surface area contributed by atoms with Gasteiger partial charge in [0.15, 0.2) is 0 Å². The number of nitrogens with zero attached hydrogens (tertiary/aromatic N) is 2. The van der Waals surface area contributed by atoms with Gasteiger partial charge in [-0.15, -0.1) is 0 Å². The predicted octanol–water partition coefficient (Wildman–Crippen LogP) is 2.76. The molecule has 0 radical (unpaired) electrons. The molecule has 0 spiro atoms. The van der Waals surface area contributed by atoms with Gasteiger partial charge in [-0.05, 0) is 57.9 Å². The zero-order valence-electron chi connectivity index (χ0n) is 14.9. The largest absolute Gasteiger partial charge is 0.341 e. The standard InChI is InChI=1S/C19H35N3O/c1-16-8-3-6-12-21(16)14-17-9-7-13-22(15-17)18(23)19(20)10-4-2-5-11-19/h16-17H,2-15,20H2,1H3. The van der Waals surface area contributed by atoms with E-state index in [2.05, 4.69) is 16.7 Å². The first kappa shape index (κ1) is 17.2. The molecule has 2 atom stereocenters. The smallest absolute Gasteiger partial charge is 0.242 e. The Morgan fingerprint density at radius 3 is 2.57 bits per heavy atom. The molecule has 2 N–H and O–H groups in total. The van der Waals surface area contributed by atoms with E-state index in [1.165, 1.54) is 45.2 Å². The highest BCUT2D eigenvalue weighted by atomic mass is 16.2. The van der Waals surface area contributed by atoms with E-state index in [1.54, 1.807) is 0 Å². The zero-order valence-corrected chi connectivity index (χ0v) is 14.9. The first-order valence-electron chi connectivity index (χ1n) is 9.91. The maximum absolute atomic E-state index is 13.0. The van der Waals surface area contributed by atoms with Gasteiger partial charge < -0.3 is 15.5 Å². The van der Waals surface area contributed by atoms with Crippen LogP contribution < -0.4 is 5.73 Å². The van der Waals surface area contributed by atoms with Crippen LogP contribution in [0.2, 0.25) is 0 Å². The van der Waals surface area contributed by atoms with Crippen molar-refractivity contribution in [1.82, 2.24) is 9.80 Å². The van der Waals surface area contributed by atoms with Crippen molar-refractivity contribution in [2.24, 2.45) is 11.7 Å². The molecule has 2 aliphatic heterocycles. The maximum Gasteiger partial charge on any atom is 0.242 e. The van der Waals surface area contributed by atoms with Crippen LogP contribution in [0.5, 0.6) is 0 Å². The third kappa shape index (κ3) is 4.08. The van der Waals surface area contributed by atoms with Crippen molar-refractivity contribution >= 4 is 5.91 Å². The summed E-state index contributed by atoms with van der Waals surface area (Å²) in [5, 5.41) is 0. The molecule has 1 saturated carbocycles. The lowest BCUT2D eigenvalue weighted by molar-refractivity contribution is -0.140. The minimum atomic E-state index is -0.557. The Morgan fingerprint density at radius 1 is 1.04 bits per heavy atom. The van der Waals surface area contributed by atoms with Crippen molar-refractivity contribution in [3.05, 3.63) is 0 Å². The first-order chi connectivity index (χ1) is 11.1. The lowest BCUT2D eigenvalue weighted by Gasteiger charge is -2.42. The van der Waals surface area contributed by atoms with E-state index < -0.39 is 5.54 Å². The van der Waals surface area contributed by atoms with Crippen LogP contribution in [0.4, 0.5) is 0 Å². The first-order valence-corrected chi connectivity index (χ1v) is 9.91. The number of hydrogen-bond donors (Lipinski definition) is 1. The van der Waals surface area contributed by atoms with Gasteiger partial charge in [-0.2, -0.15) is 0 Å². The average molecular weight is 322 g/mol. The SMILES string of the molecule is CC1CCCCN1CC1CCCN(C(=O)C2(N)CCCCC2)C1. The molecule has 1 amide bonds. The van der Waals surface area contributed by atoms with Crippen molar-refractivity contribution in [3.63, 3.8) is 0 Å². The highest BCUT2D eigenvalue weighted by Gasteiger charge is 2.39. The number of nitrogens with two attached hydrogens (primary N) is 1. The predicted molar refractivity (Wildman–Crippen MR) is 94.2 cm³/mol. The number of amides is 1. The Labute approximate surface area is 141 Å². The number of carbonyl (C=O) groups is 1. The Hall–Kier alpha value is -0.610. The molecular formula is C19H35N3O. The van der Waals surface area contributed by atoms with Gasteiger partial charge >= 0.3 is 0 Å². The topological polar surface area (TPSA) is 49.6 Å². The average Bonchev–Trinajstić information content (AvgIpc) is 2.57. The summed E-state index contributed by atoms with van der Waals surface area (Å²) in [6.45, 7) is 6.63. The molecular weight excluding hydrogens is 286 g/mol. The molecule has 132 valence electrons. The molecule has 0 aromatic rings. The number of piperidine rings is 2. The fourth-order valence-corrected chi connectivity index (χ4v) is 4.87. The molecule has 2 unspecified atom stereocenters. The Morgan fingerprint density at radius 2 is 1.83 bits per heavy atom. The van der Waals surface area contributed by atoms with Gasteiger partial charge in [0, 0.05) is 25.7 Å². The summed E-state index contributed by atoms with van der Waals surface area (Å²) >= 11 is 0. The lowest BCUT2D eigenvalue weighted by Crippen LogP contribution is -2.58. The van der Waals surface area contributed by atoms with Crippen LogP contribution in [0.3, 0.4) is 0 Å². The molecule has 3 aliphatic rings. The fourth-order valence-electron chi connectivity index (χ4n) is 4.87. The minimum Gasteiger partial charge on any atom is -0.341 e. The van der Waals surface area contributed by atoms with E-state index in [1.807, 2.05) is 0 Å². The van der Waals surface area contributed by atoms with Gasteiger partial charge in [0.1, 0.15) is 0 Å². The highest BCUT2D eigenvalue weighted by molar-refractivity contribution is 5.86. The summed E-state index contributed by atoms with van der Waals surface area (Å²) in [5.74, 6) is 0.883. The second kappa shape index (κ2) is 7.52. The van der Waals surface area contributed by atoms with Crippen LogP contribution in [0.15, 0.2) is 0 Å². The second-order valence-electron chi connectivity index (χ2n) is 8.32. The van der Waals surface area contributed by atoms with Crippen LogP contribution in [-0.4, -0.2) is 53.5 Å². The molecule has 0 aromatic carbocycles. The highest BCUT2D eigenvalue weighted by Crippen LogP contribution is 2.30. The molecule has 2 saturated heterocycles. The molecule has 1 aliphatic carbocycles. The van der Waals surface area contributed by atoms with Gasteiger partial charge in [0.05, 0.1) is 5.54 Å². The summed E-state index contributed by atoms with van der Waals surface area (Å²) in [6.07, 6.45) is 11.7.